The molecule has 0 aliphatic heterocycles. The van der Waals surface area contributed by atoms with Crippen molar-refractivity contribution >= 4 is 21.9 Å². The molecule has 5 nitrogen and oxygen atoms in total. The lowest BCUT2D eigenvalue weighted by Gasteiger charge is -2.12. The summed E-state index contributed by atoms with van der Waals surface area (Å²) in [6.45, 7) is 0.758. The van der Waals surface area contributed by atoms with Gasteiger partial charge in [0.2, 0.25) is 0 Å². The highest BCUT2D eigenvalue weighted by atomic mass is 79.9. The Labute approximate surface area is 149 Å². The Hall–Kier alpha value is -2.21. The average molecular weight is 395 g/mol. The number of aliphatic carboxylic acids is 1. The van der Waals surface area contributed by atoms with Crippen molar-refractivity contribution in [2.24, 2.45) is 0 Å². The van der Waals surface area contributed by atoms with E-state index in [0.717, 1.165) is 21.5 Å². The van der Waals surface area contributed by atoms with E-state index in [4.69, 9.17) is 19.3 Å². The van der Waals surface area contributed by atoms with Gasteiger partial charge in [-0.05, 0) is 54.4 Å². The van der Waals surface area contributed by atoms with Gasteiger partial charge in [0.05, 0.1) is 7.11 Å². The summed E-state index contributed by atoms with van der Waals surface area (Å²) in [5.41, 5.74) is 0.858. The van der Waals surface area contributed by atoms with Gasteiger partial charge in [-0.25, -0.2) is 0 Å². The molecule has 2 rings (SSSR count). The standard InChI is InChI=1S/C18H19BrO5/c1-22-15-4-6-16(7-5-15)23-10-11-24-17-8-3-14(19)12-13(17)2-9-18(20)21/h3-8,12H,2,9-11H2,1H3,(H,20,21). The molecule has 0 aliphatic rings. The van der Waals surface area contributed by atoms with Crippen LogP contribution in [0.3, 0.4) is 0 Å². The van der Waals surface area contributed by atoms with Crippen LogP contribution in [-0.2, 0) is 11.2 Å². The van der Waals surface area contributed by atoms with Crippen LogP contribution in [-0.4, -0.2) is 31.4 Å². The fourth-order valence-corrected chi connectivity index (χ4v) is 2.52. The number of benzene rings is 2. The van der Waals surface area contributed by atoms with Gasteiger partial charge < -0.3 is 19.3 Å². The molecule has 0 aromatic heterocycles. The summed E-state index contributed by atoms with van der Waals surface area (Å²) in [7, 11) is 1.61. The third-order valence-corrected chi connectivity index (χ3v) is 3.79. The minimum atomic E-state index is -0.830. The van der Waals surface area contributed by atoms with E-state index in [1.807, 2.05) is 42.5 Å². The number of halogens is 1. The normalized spacial score (nSPS) is 10.2. The molecule has 0 radical (unpaired) electrons. The van der Waals surface area contributed by atoms with Crippen LogP contribution in [0.25, 0.3) is 0 Å². The van der Waals surface area contributed by atoms with Crippen molar-refractivity contribution < 1.29 is 24.1 Å². The van der Waals surface area contributed by atoms with Crippen LogP contribution >= 0.6 is 15.9 Å². The predicted octanol–water partition coefficient (Wildman–Crippen LogP) is 3.93. The zero-order valence-electron chi connectivity index (χ0n) is 13.3. The van der Waals surface area contributed by atoms with Gasteiger partial charge in [0.25, 0.3) is 0 Å². The molecule has 2 aromatic carbocycles. The highest BCUT2D eigenvalue weighted by Crippen LogP contribution is 2.24. The van der Waals surface area contributed by atoms with Crippen molar-refractivity contribution in [1.82, 2.24) is 0 Å². The molecule has 0 heterocycles. The lowest BCUT2D eigenvalue weighted by atomic mass is 10.1. The van der Waals surface area contributed by atoms with Gasteiger partial charge in [-0.3, -0.25) is 4.79 Å². The quantitative estimate of drug-likeness (QED) is 0.652. The smallest absolute Gasteiger partial charge is 0.303 e. The summed E-state index contributed by atoms with van der Waals surface area (Å²) < 4.78 is 17.3. The van der Waals surface area contributed by atoms with E-state index in [1.165, 1.54) is 0 Å². The van der Waals surface area contributed by atoms with Crippen molar-refractivity contribution in [2.45, 2.75) is 12.8 Å². The summed E-state index contributed by atoms with van der Waals surface area (Å²) >= 11 is 3.39. The summed E-state index contributed by atoms with van der Waals surface area (Å²) in [6, 6.07) is 12.9. The Morgan fingerprint density at radius 2 is 1.71 bits per heavy atom. The fourth-order valence-electron chi connectivity index (χ4n) is 2.11. The molecule has 24 heavy (non-hydrogen) atoms. The molecule has 0 fully saturated rings. The molecular formula is C18H19BrO5. The molecule has 1 N–H and O–H groups in total. The van der Waals surface area contributed by atoms with E-state index in [9.17, 15) is 4.79 Å². The Bertz CT molecular complexity index is 670. The lowest BCUT2D eigenvalue weighted by molar-refractivity contribution is -0.136. The number of rotatable bonds is 9. The molecule has 0 aliphatic carbocycles. The van der Waals surface area contributed by atoms with Gasteiger partial charge in [0.15, 0.2) is 0 Å². The average Bonchev–Trinajstić information content (AvgIpc) is 2.58. The van der Waals surface area contributed by atoms with Crippen LogP contribution in [0.4, 0.5) is 0 Å². The second kappa shape index (κ2) is 9.17. The molecule has 128 valence electrons. The molecule has 0 bridgehead atoms. The van der Waals surface area contributed by atoms with Gasteiger partial charge in [-0.1, -0.05) is 15.9 Å². The molecule has 0 spiro atoms. The van der Waals surface area contributed by atoms with E-state index >= 15 is 0 Å². The van der Waals surface area contributed by atoms with E-state index in [2.05, 4.69) is 15.9 Å². The Morgan fingerprint density at radius 1 is 1.04 bits per heavy atom. The molecule has 0 saturated carbocycles. The predicted molar refractivity (Wildman–Crippen MR) is 94.1 cm³/mol. The van der Waals surface area contributed by atoms with Gasteiger partial charge in [0, 0.05) is 10.9 Å². The number of carboxylic acid groups (broad SMARTS) is 1. The van der Waals surface area contributed by atoms with Crippen LogP contribution < -0.4 is 14.2 Å². The summed E-state index contributed by atoms with van der Waals surface area (Å²) in [5, 5.41) is 8.83. The number of hydrogen-bond acceptors (Lipinski definition) is 4. The Kier molecular flexibility index (Phi) is 6.93. The van der Waals surface area contributed by atoms with Crippen LogP contribution in [0.1, 0.15) is 12.0 Å². The van der Waals surface area contributed by atoms with Crippen molar-refractivity contribution in [1.29, 1.82) is 0 Å². The number of carbonyl (C=O) groups is 1. The van der Waals surface area contributed by atoms with Crippen molar-refractivity contribution in [3.05, 3.63) is 52.5 Å². The van der Waals surface area contributed by atoms with E-state index in [0.29, 0.717) is 25.4 Å². The molecule has 0 unspecified atom stereocenters. The Balaban J connectivity index is 1.85. The maximum Gasteiger partial charge on any atom is 0.303 e. The van der Waals surface area contributed by atoms with Crippen molar-refractivity contribution in [3.8, 4) is 17.2 Å². The highest BCUT2D eigenvalue weighted by molar-refractivity contribution is 9.10. The number of aryl methyl sites for hydroxylation is 1. The third-order valence-electron chi connectivity index (χ3n) is 3.30. The molecule has 0 amide bonds. The van der Waals surface area contributed by atoms with Crippen LogP contribution in [0.15, 0.2) is 46.9 Å². The van der Waals surface area contributed by atoms with Gasteiger partial charge in [-0.2, -0.15) is 0 Å². The van der Waals surface area contributed by atoms with Crippen LogP contribution in [0, 0.1) is 0 Å². The van der Waals surface area contributed by atoms with E-state index < -0.39 is 5.97 Å². The van der Waals surface area contributed by atoms with Gasteiger partial charge >= 0.3 is 5.97 Å². The lowest BCUT2D eigenvalue weighted by Crippen LogP contribution is -2.10. The molecular weight excluding hydrogens is 376 g/mol. The zero-order chi connectivity index (χ0) is 17.4. The van der Waals surface area contributed by atoms with Gasteiger partial charge in [-0.15, -0.1) is 0 Å². The maximum atomic E-state index is 10.8. The number of methoxy groups -OCH3 is 1. The zero-order valence-corrected chi connectivity index (χ0v) is 14.9. The maximum absolute atomic E-state index is 10.8. The van der Waals surface area contributed by atoms with Crippen molar-refractivity contribution in [2.75, 3.05) is 20.3 Å². The first-order valence-electron chi connectivity index (χ1n) is 7.48. The topological polar surface area (TPSA) is 65.0 Å². The SMILES string of the molecule is COc1ccc(OCCOc2ccc(Br)cc2CCC(=O)O)cc1. The molecule has 0 saturated heterocycles. The summed E-state index contributed by atoms with van der Waals surface area (Å²) in [4.78, 5) is 10.8. The summed E-state index contributed by atoms with van der Waals surface area (Å²) in [6.07, 6.45) is 0.485. The number of ether oxygens (including phenoxy) is 3. The van der Waals surface area contributed by atoms with Crippen LogP contribution in [0.2, 0.25) is 0 Å². The number of hydrogen-bond donors (Lipinski definition) is 1. The van der Waals surface area contributed by atoms with Crippen LogP contribution in [0.5, 0.6) is 17.2 Å². The fraction of sp³-hybridized carbons (Fsp3) is 0.278. The van der Waals surface area contributed by atoms with E-state index in [-0.39, 0.29) is 6.42 Å². The minimum Gasteiger partial charge on any atom is -0.497 e. The van der Waals surface area contributed by atoms with E-state index in [1.54, 1.807) is 7.11 Å². The first-order chi connectivity index (χ1) is 11.6. The molecule has 6 heteroatoms. The highest BCUT2D eigenvalue weighted by Gasteiger charge is 2.07. The number of carboxylic acids is 1. The third kappa shape index (κ3) is 5.77. The molecule has 2 aromatic rings. The largest absolute Gasteiger partial charge is 0.497 e. The summed E-state index contributed by atoms with van der Waals surface area (Å²) in [5.74, 6) is 1.36. The second-order valence-corrected chi connectivity index (χ2v) is 5.93. The second-order valence-electron chi connectivity index (χ2n) is 5.02. The Morgan fingerprint density at radius 3 is 2.38 bits per heavy atom. The first-order valence-corrected chi connectivity index (χ1v) is 8.27. The van der Waals surface area contributed by atoms with Gasteiger partial charge in [0.1, 0.15) is 30.5 Å². The monoisotopic (exact) mass is 394 g/mol. The first kappa shape index (κ1) is 18.1. The molecule has 0 atom stereocenters. The minimum absolute atomic E-state index is 0.0646. The van der Waals surface area contributed by atoms with Crippen molar-refractivity contribution in [3.63, 3.8) is 0 Å².